The van der Waals surface area contributed by atoms with Gasteiger partial charge < -0.3 is 9.30 Å². The number of halogens is 1. The molecule has 0 aliphatic carbocycles. The molecule has 0 aliphatic heterocycles. The van der Waals surface area contributed by atoms with Crippen LogP contribution in [0, 0.1) is 13.8 Å². The first-order valence-corrected chi connectivity index (χ1v) is 12.9. The molecule has 8 heteroatoms. The molecule has 36 heavy (non-hydrogen) atoms. The van der Waals surface area contributed by atoms with Crippen molar-refractivity contribution in [1.82, 2.24) is 14.3 Å². The summed E-state index contributed by atoms with van der Waals surface area (Å²) < 4.78 is 10.1. The van der Waals surface area contributed by atoms with Crippen molar-refractivity contribution >= 4 is 39.0 Å². The van der Waals surface area contributed by atoms with E-state index in [0.29, 0.717) is 11.3 Å². The third-order valence-corrected chi connectivity index (χ3v) is 7.26. The summed E-state index contributed by atoms with van der Waals surface area (Å²) in [5.41, 5.74) is 4.87. The van der Waals surface area contributed by atoms with Gasteiger partial charge in [-0.1, -0.05) is 40.2 Å². The van der Waals surface area contributed by atoms with E-state index in [9.17, 15) is 9.59 Å². The van der Waals surface area contributed by atoms with E-state index in [2.05, 4.69) is 21.0 Å². The predicted octanol–water partition coefficient (Wildman–Crippen LogP) is 6.81. The number of esters is 1. The summed E-state index contributed by atoms with van der Waals surface area (Å²) in [4.78, 5) is 27.1. The minimum Gasteiger partial charge on any atom is -0.453 e. The van der Waals surface area contributed by atoms with Gasteiger partial charge in [0, 0.05) is 33.2 Å². The van der Waals surface area contributed by atoms with Crippen LogP contribution in [0.1, 0.15) is 32.2 Å². The highest BCUT2D eigenvalue weighted by molar-refractivity contribution is 9.10. The third-order valence-electron chi connectivity index (χ3n) is 5.84. The van der Waals surface area contributed by atoms with E-state index in [-0.39, 0.29) is 18.1 Å². The molecule has 5 rings (SSSR count). The molecule has 6 nitrogen and oxygen atoms in total. The Bertz CT molecular complexity index is 1540. The van der Waals surface area contributed by atoms with Crippen molar-refractivity contribution in [3.63, 3.8) is 0 Å². The van der Waals surface area contributed by atoms with Gasteiger partial charge >= 0.3 is 5.97 Å². The minimum absolute atomic E-state index is 0.260. The number of aromatic nitrogens is 3. The Hall–Kier alpha value is -3.75. The molecule has 0 unspecified atom stereocenters. The smallest absolute Gasteiger partial charge is 0.357 e. The van der Waals surface area contributed by atoms with Gasteiger partial charge in [-0.25, -0.2) is 9.48 Å². The molecule has 180 valence electrons. The maximum absolute atomic E-state index is 13.1. The largest absolute Gasteiger partial charge is 0.453 e. The van der Waals surface area contributed by atoms with Crippen molar-refractivity contribution < 1.29 is 14.3 Å². The average Bonchev–Trinajstić information content (AvgIpc) is 3.63. The molecule has 2 aromatic carbocycles. The first kappa shape index (κ1) is 24.0. The highest BCUT2D eigenvalue weighted by Gasteiger charge is 2.22. The lowest BCUT2D eigenvalue weighted by atomic mass is 10.1. The fraction of sp³-hybridized carbons (Fsp3) is 0.107. The maximum atomic E-state index is 13.1. The van der Waals surface area contributed by atoms with Gasteiger partial charge in [0.05, 0.1) is 10.6 Å². The van der Waals surface area contributed by atoms with Gasteiger partial charge in [0.1, 0.15) is 5.69 Å². The maximum Gasteiger partial charge on any atom is 0.357 e. The first-order chi connectivity index (χ1) is 17.4. The molecule has 0 aliphatic rings. The average molecular weight is 560 g/mol. The van der Waals surface area contributed by atoms with Gasteiger partial charge in [-0.3, -0.25) is 4.79 Å². The van der Waals surface area contributed by atoms with Crippen LogP contribution in [0.5, 0.6) is 0 Å². The Labute approximate surface area is 220 Å². The summed E-state index contributed by atoms with van der Waals surface area (Å²) in [7, 11) is 0. The minimum atomic E-state index is -0.607. The lowest BCUT2D eigenvalue weighted by molar-refractivity contribution is 0.0465. The number of hydrogen-bond donors (Lipinski definition) is 0. The second-order valence-electron chi connectivity index (χ2n) is 8.24. The predicted molar refractivity (Wildman–Crippen MR) is 144 cm³/mol. The zero-order chi connectivity index (χ0) is 25.2. The molecule has 3 aromatic heterocycles. The second-order valence-corrected chi connectivity index (χ2v) is 10.1. The summed E-state index contributed by atoms with van der Waals surface area (Å²) in [6, 6.07) is 24.7. The van der Waals surface area contributed by atoms with Crippen LogP contribution in [0.2, 0.25) is 0 Å². The van der Waals surface area contributed by atoms with Crippen molar-refractivity contribution in [2.24, 2.45) is 0 Å². The van der Waals surface area contributed by atoms with Crippen molar-refractivity contribution in [2.45, 2.75) is 13.8 Å². The normalized spacial score (nSPS) is 11.0. The summed E-state index contributed by atoms with van der Waals surface area (Å²) in [6.45, 7) is 3.47. The zero-order valence-corrected chi connectivity index (χ0v) is 22.0. The summed E-state index contributed by atoms with van der Waals surface area (Å²) in [5.74, 6) is -0.867. The van der Waals surface area contributed by atoms with Gasteiger partial charge in [0.15, 0.2) is 12.3 Å². The van der Waals surface area contributed by atoms with E-state index in [1.54, 1.807) is 10.7 Å². The Morgan fingerprint density at radius 2 is 1.69 bits per heavy atom. The fourth-order valence-corrected chi connectivity index (χ4v) is 5.10. The number of ether oxygens (including phenoxy) is 1. The van der Waals surface area contributed by atoms with Crippen LogP contribution in [-0.4, -0.2) is 32.7 Å². The summed E-state index contributed by atoms with van der Waals surface area (Å²) in [6.07, 6.45) is 0. The fourth-order valence-electron chi connectivity index (χ4n) is 4.15. The molecule has 0 radical (unpaired) electrons. The molecular weight excluding hydrogens is 538 g/mol. The van der Waals surface area contributed by atoms with E-state index in [1.165, 1.54) is 11.3 Å². The quantitative estimate of drug-likeness (QED) is 0.162. The van der Waals surface area contributed by atoms with Crippen molar-refractivity contribution in [2.75, 3.05) is 6.61 Å². The molecule has 0 N–H and O–H groups in total. The molecule has 0 atom stereocenters. The van der Waals surface area contributed by atoms with Gasteiger partial charge in [-0.2, -0.15) is 5.10 Å². The van der Waals surface area contributed by atoms with E-state index >= 15 is 0 Å². The highest BCUT2D eigenvalue weighted by atomic mass is 79.9. The van der Waals surface area contributed by atoms with Crippen molar-refractivity contribution in [1.29, 1.82) is 0 Å². The standard InChI is InChI=1S/C28H22BrN3O3S/c1-18-15-23(19(2)31(18)21-12-10-20(29)11-13-21)26(33)17-35-28(34)25-16-24(27-9-6-14-36-27)30-32(25)22-7-4-3-5-8-22/h3-16H,17H2,1-2H3. The Morgan fingerprint density at radius 1 is 0.944 bits per heavy atom. The van der Waals surface area contributed by atoms with Crippen LogP contribution in [-0.2, 0) is 4.74 Å². The molecule has 0 bridgehead atoms. The molecule has 5 aromatic rings. The van der Waals surface area contributed by atoms with Gasteiger partial charge in [-0.15, -0.1) is 11.3 Å². The zero-order valence-electron chi connectivity index (χ0n) is 19.6. The molecule has 0 saturated carbocycles. The number of ketones is 1. The van der Waals surface area contributed by atoms with Crippen LogP contribution in [0.15, 0.2) is 88.7 Å². The number of Topliss-reactive ketones (excluding diaryl/α,β-unsaturated/α-hetero) is 1. The van der Waals surface area contributed by atoms with Gasteiger partial charge in [0.2, 0.25) is 5.78 Å². The molecule has 0 spiro atoms. The number of nitrogens with zero attached hydrogens (tertiary/aromatic N) is 3. The lowest BCUT2D eigenvalue weighted by Gasteiger charge is -2.10. The van der Waals surface area contributed by atoms with Gasteiger partial charge in [0.25, 0.3) is 0 Å². The Kier molecular flexibility index (Phi) is 6.71. The molecule has 3 heterocycles. The van der Waals surface area contributed by atoms with Crippen LogP contribution >= 0.6 is 27.3 Å². The monoisotopic (exact) mass is 559 g/mol. The van der Waals surface area contributed by atoms with E-state index in [1.807, 2.05) is 96.6 Å². The number of aryl methyl sites for hydroxylation is 1. The number of carbonyl (C=O) groups excluding carboxylic acids is 2. The Balaban J connectivity index is 1.38. The van der Waals surface area contributed by atoms with E-state index < -0.39 is 5.97 Å². The molecule has 0 saturated heterocycles. The first-order valence-electron chi connectivity index (χ1n) is 11.3. The van der Waals surface area contributed by atoms with Crippen molar-refractivity contribution in [3.8, 4) is 21.9 Å². The molecule has 0 amide bonds. The van der Waals surface area contributed by atoms with Gasteiger partial charge in [-0.05, 0) is 67.8 Å². The number of hydrogen-bond acceptors (Lipinski definition) is 5. The van der Waals surface area contributed by atoms with Crippen LogP contribution in [0.4, 0.5) is 0 Å². The number of carbonyl (C=O) groups is 2. The van der Waals surface area contributed by atoms with Crippen LogP contribution < -0.4 is 0 Å². The highest BCUT2D eigenvalue weighted by Crippen LogP contribution is 2.27. The van der Waals surface area contributed by atoms with Crippen LogP contribution in [0.3, 0.4) is 0 Å². The SMILES string of the molecule is Cc1cc(C(=O)COC(=O)c2cc(-c3cccs3)nn2-c2ccccc2)c(C)n1-c1ccc(Br)cc1. The number of rotatable bonds is 7. The topological polar surface area (TPSA) is 66.1 Å². The number of para-hydroxylation sites is 1. The summed E-state index contributed by atoms with van der Waals surface area (Å²) in [5, 5.41) is 6.59. The number of benzene rings is 2. The van der Waals surface area contributed by atoms with Crippen molar-refractivity contribution in [3.05, 3.63) is 111 Å². The van der Waals surface area contributed by atoms with E-state index in [4.69, 9.17) is 4.74 Å². The van der Waals surface area contributed by atoms with Crippen LogP contribution in [0.25, 0.3) is 21.9 Å². The second kappa shape index (κ2) is 10.1. The summed E-state index contributed by atoms with van der Waals surface area (Å²) >= 11 is 4.99. The molecule has 0 fully saturated rings. The molecular formula is C28H22BrN3O3S. The number of thiophene rings is 1. The lowest BCUT2D eigenvalue weighted by Crippen LogP contribution is -2.17. The Morgan fingerprint density at radius 3 is 2.39 bits per heavy atom. The van der Waals surface area contributed by atoms with E-state index in [0.717, 1.165) is 32.1 Å². The third kappa shape index (κ3) is 4.69.